The lowest BCUT2D eigenvalue weighted by atomic mass is 9.52. The van der Waals surface area contributed by atoms with Crippen LogP contribution >= 0.6 is 0 Å². The Labute approximate surface area is 405 Å². The Bertz CT molecular complexity index is 2380. The summed E-state index contributed by atoms with van der Waals surface area (Å²) in [6.07, 6.45) is 10.2. The highest BCUT2D eigenvalue weighted by Gasteiger charge is 2.78. The van der Waals surface area contributed by atoms with Crippen LogP contribution in [-0.4, -0.2) is 100 Å². The largest absolute Gasteiger partial charge is 0.460 e. The summed E-state index contributed by atoms with van der Waals surface area (Å²) in [6, 6.07) is 13.7. The highest BCUT2D eigenvalue weighted by molar-refractivity contribution is 5.95. The van der Waals surface area contributed by atoms with E-state index in [0.717, 1.165) is 56.1 Å². The van der Waals surface area contributed by atoms with Gasteiger partial charge < -0.3 is 39.4 Å². The Hall–Kier alpha value is -4.18. The third kappa shape index (κ3) is 8.76. The van der Waals surface area contributed by atoms with Gasteiger partial charge in [0.2, 0.25) is 5.91 Å². The second-order valence-corrected chi connectivity index (χ2v) is 23.9. The Morgan fingerprint density at radius 3 is 2.36 bits per heavy atom. The van der Waals surface area contributed by atoms with E-state index in [4.69, 9.17) is 28.5 Å². The van der Waals surface area contributed by atoms with E-state index in [0.29, 0.717) is 34.5 Å². The number of esters is 2. The minimum atomic E-state index is -1.35. The average molecular weight is 950 g/mol. The van der Waals surface area contributed by atoms with Gasteiger partial charge in [0.25, 0.3) is 5.91 Å². The second-order valence-electron chi connectivity index (χ2n) is 23.9. The number of amides is 2. The Balaban J connectivity index is 0.817. The third-order valence-electron chi connectivity index (χ3n) is 17.3. The van der Waals surface area contributed by atoms with Crippen molar-refractivity contribution in [3.63, 3.8) is 0 Å². The number of nitrogens with one attached hydrogen (secondary N) is 2. The standard InChI is InChI=1S/C55H71N3O11/c1-51(2,3)66-43(60)21-19-38(30-59)57-48(61)35-9-7-8-33(25-35)28-56-50(63)54-27-41-44-45(68-55(67-44,36-15-16-36)37-17-18-37)47(54)69-58(46(54)49(62)64-41)29-32-12-10-31(11-13-32)24-34-14-20-42-53(6,65-42)23-22-40-39(34)26-52(40,4)5/h7-13,24-25,36-42,44-47,59H,14-23,26-30H2,1-6H3,(H,56,63)(H,57,61)/t38-,39+,40+,41+,42?,44-,45-,46-,47+,53+,54-/m0/s1. The van der Waals surface area contributed by atoms with Gasteiger partial charge in [0.05, 0.1) is 30.9 Å². The Kier molecular flexibility index (Phi) is 11.8. The fourth-order valence-corrected chi connectivity index (χ4v) is 13.3. The number of epoxide rings is 1. The van der Waals surface area contributed by atoms with Crippen molar-refractivity contribution in [1.82, 2.24) is 15.7 Å². The lowest BCUT2D eigenvalue weighted by Gasteiger charge is -2.53. The van der Waals surface area contributed by atoms with Gasteiger partial charge in [-0.1, -0.05) is 61.9 Å². The molecule has 4 heterocycles. The van der Waals surface area contributed by atoms with Gasteiger partial charge in [-0.3, -0.25) is 24.0 Å². The van der Waals surface area contributed by atoms with Crippen molar-refractivity contribution in [3.8, 4) is 0 Å². The van der Waals surface area contributed by atoms with E-state index in [1.807, 2.05) is 6.07 Å². The average Bonchev–Trinajstić information content (AvgIpc) is 4.26. The molecule has 2 bridgehead atoms. The molecule has 14 heteroatoms. The third-order valence-corrected chi connectivity index (χ3v) is 17.3. The molecule has 1 unspecified atom stereocenters. The number of aliphatic hydroxyl groups is 1. The highest BCUT2D eigenvalue weighted by Crippen LogP contribution is 2.64. The van der Waals surface area contributed by atoms with Gasteiger partial charge in [-0.15, -0.1) is 0 Å². The van der Waals surface area contributed by atoms with E-state index < -0.39 is 71.1 Å². The number of fused-ring (bicyclic) bond motifs is 6. The lowest BCUT2D eigenvalue weighted by molar-refractivity contribution is -0.235. The number of hydrogen-bond donors (Lipinski definition) is 3. The van der Waals surface area contributed by atoms with Crippen LogP contribution in [0.25, 0.3) is 6.08 Å². The molecular formula is C55H71N3O11. The zero-order valence-corrected chi connectivity index (χ0v) is 41.1. The van der Waals surface area contributed by atoms with Crippen molar-refractivity contribution >= 4 is 29.8 Å². The maximum absolute atomic E-state index is 15.1. The molecule has 11 atom stereocenters. The summed E-state index contributed by atoms with van der Waals surface area (Å²) in [4.78, 5) is 62.2. The summed E-state index contributed by atoms with van der Waals surface area (Å²) in [5.74, 6) is -0.700. The molecule has 11 rings (SSSR count). The number of nitrogens with zero attached hydrogens (tertiary/aromatic N) is 1. The van der Waals surface area contributed by atoms with Gasteiger partial charge >= 0.3 is 11.9 Å². The first kappa shape index (κ1) is 47.2. The van der Waals surface area contributed by atoms with Crippen LogP contribution in [0.4, 0.5) is 0 Å². The number of benzene rings is 2. The number of ether oxygens (including phenoxy) is 5. The molecule has 9 aliphatic rings. The van der Waals surface area contributed by atoms with Gasteiger partial charge in [-0.25, -0.2) is 0 Å². The summed E-state index contributed by atoms with van der Waals surface area (Å²) >= 11 is 0. The first-order valence-electron chi connectivity index (χ1n) is 25.9. The molecule has 2 aromatic rings. The SMILES string of the molecule is CC(C)(C)OC(=O)CC[C@@H](CO)NC(=O)c1cccc(CNC(=O)[C@@]23C[C@H]4OC(=O)[C@@H]2N(Cc2ccc(C=C5CCC6O[C@]6(C)CC[C@@H]6[C@@H]5CC6(C)C)cc2)O[C@@H]3[C@H]2OC(C3CC3)(C3CC3)O[C@H]24)c1. The molecule has 4 saturated heterocycles. The Morgan fingerprint density at radius 1 is 0.928 bits per heavy atom. The minimum absolute atomic E-state index is 0.0362. The number of carbonyl (C=O) groups excluding carboxylic acids is 4. The molecule has 3 N–H and O–H groups in total. The predicted octanol–water partition coefficient (Wildman–Crippen LogP) is 7.09. The molecule has 4 aliphatic heterocycles. The zero-order chi connectivity index (χ0) is 48.3. The van der Waals surface area contributed by atoms with Crippen LogP contribution in [0.1, 0.15) is 146 Å². The van der Waals surface area contributed by atoms with Crippen LogP contribution in [0.3, 0.4) is 0 Å². The highest BCUT2D eigenvalue weighted by atomic mass is 16.8. The number of hydroxylamine groups is 2. The van der Waals surface area contributed by atoms with Crippen molar-refractivity contribution in [2.45, 2.75) is 191 Å². The molecule has 69 heavy (non-hydrogen) atoms. The number of rotatable bonds is 14. The fourth-order valence-electron chi connectivity index (χ4n) is 13.3. The molecule has 0 radical (unpaired) electrons. The first-order valence-corrected chi connectivity index (χ1v) is 25.9. The van der Waals surface area contributed by atoms with Gasteiger partial charge in [0.15, 0.2) is 11.8 Å². The number of hydrogen-bond acceptors (Lipinski definition) is 12. The van der Waals surface area contributed by atoms with Gasteiger partial charge in [-0.2, -0.15) is 5.06 Å². The maximum atomic E-state index is 15.1. The van der Waals surface area contributed by atoms with Gasteiger partial charge in [0, 0.05) is 36.8 Å². The van der Waals surface area contributed by atoms with Crippen LogP contribution in [0.2, 0.25) is 0 Å². The molecular weight excluding hydrogens is 879 g/mol. The van der Waals surface area contributed by atoms with Crippen molar-refractivity contribution in [2.75, 3.05) is 6.61 Å². The van der Waals surface area contributed by atoms with Crippen LogP contribution < -0.4 is 10.6 Å². The quantitative estimate of drug-likeness (QED) is 0.130. The number of carbonyl (C=O) groups is 4. The molecule has 9 fully saturated rings. The molecule has 2 aromatic carbocycles. The van der Waals surface area contributed by atoms with Crippen molar-refractivity contribution in [1.29, 1.82) is 0 Å². The van der Waals surface area contributed by atoms with E-state index in [1.54, 1.807) is 44.0 Å². The van der Waals surface area contributed by atoms with E-state index >= 15 is 4.79 Å². The summed E-state index contributed by atoms with van der Waals surface area (Å²) in [6.45, 7) is 12.4. The molecule has 0 spiro atoms. The molecule has 0 aromatic heterocycles. The van der Waals surface area contributed by atoms with Crippen LogP contribution in [0.15, 0.2) is 54.1 Å². The maximum Gasteiger partial charge on any atom is 0.327 e. The molecule has 372 valence electrons. The summed E-state index contributed by atoms with van der Waals surface area (Å²) < 4.78 is 31.9. The number of aliphatic hydroxyl groups excluding tert-OH is 1. The van der Waals surface area contributed by atoms with Gasteiger partial charge in [-0.05, 0) is 138 Å². The summed E-state index contributed by atoms with van der Waals surface area (Å²) in [7, 11) is 0. The van der Waals surface area contributed by atoms with Crippen molar-refractivity contribution in [2.24, 2.45) is 34.5 Å². The smallest absolute Gasteiger partial charge is 0.327 e. The topological polar surface area (TPSA) is 174 Å². The fraction of sp³-hybridized carbons (Fsp3) is 0.673. The molecule has 2 amide bonds. The normalized spacial score (nSPS) is 36.0. The molecule has 5 aliphatic carbocycles. The predicted molar refractivity (Wildman–Crippen MR) is 252 cm³/mol. The van der Waals surface area contributed by atoms with E-state index in [2.05, 4.69) is 61.7 Å². The van der Waals surface area contributed by atoms with Crippen LogP contribution in [0.5, 0.6) is 0 Å². The number of allylic oxidation sites excluding steroid dienone is 1. The monoisotopic (exact) mass is 950 g/mol. The minimum Gasteiger partial charge on any atom is -0.460 e. The van der Waals surface area contributed by atoms with Crippen molar-refractivity contribution in [3.05, 3.63) is 76.4 Å². The summed E-state index contributed by atoms with van der Waals surface area (Å²) in [5.41, 5.74) is 2.98. The van der Waals surface area contributed by atoms with E-state index in [9.17, 15) is 19.5 Å². The second kappa shape index (κ2) is 17.3. The van der Waals surface area contributed by atoms with Crippen molar-refractivity contribution < 1.29 is 52.8 Å². The van der Waals surface area contributed by atoms with E-state index in [-0.39, 0.29) is 62.3 Å². The molecule has 14 nitrogen and oxygen atoms in total. The summed E-state index contributed by atoms with van der Waals surface area (Å²) in [5, 5.41) is 17.7. The zero-order valence-electron chi connectivity index (χ0n) is 41.1. The van der Waals surface area contributed by atoms with Gasteiger partial charge in [0.1, 0.15) is 35.4 Å². The van der Waals surface area contributed by atoms with Crippen LogP contribution in [-0.2, 0) is 56.0 Å². The Morgan fingerprint density at radius 2 is 1.67 bits per heavy atom. The van der Waals surface area contributed by atoms with Crippen LogP contribution in [0, 0.1) is 34.5 Å². The first-order chi connectivity index (χ1) is 32.9. The molecule has 5 saturated carbocycles. The van der Waals surface area contributed by atoms with E-state index in [1.165, 1.54) is 18.4 Å². The lowest BCUT2D eigenvalue weighted by Crippen LogP contribution is -2.69.